The molecule has 10 heteroatoms. The van der Waals surface area contributed by atoms with Crippen molar-refractivity contribution in [1.29, 1.82) is 0 Å². The maximum atomic E-state index is 14.5. The fraction of sp³-hybridized carbons (Fsp3) is 0.435. The van der Waals surface area contributed by atoms with Crippen molar-refractivity contribution in [1.82, 2.24) is 5.32 Å². The van der Waals surface area contributed by atoms with Crippen LogP contribution in [0.4, 0.5) is 17.6 Å². The molecule has 1 aliphatic heterocycles. The molecule has 2 N–H and O–H groups in total. The first-order chi connectivity index (χ1) is 15.6. The smallest absolute Gasteiger partial charge is 0.425 e. The molecule has 1 saturated heterocycles. The molecule has 0 saturated carbocycles. The van der Waals surface area contributed by atoms with Crippen LogP contribution in [-0.2, 0) is 11.3 Å². The number of carbonyl (C=O) groups is 1. The standard InChI is InChI=1S/C23H25F4NO5/c1-13-8-18(19(22(29)30)21(20(13)24)33-14(2)23(25,26)27)32-12-16-9-17(10-28-16)31-11-15-6-4-3-5-7-15/h3-8,14,16-17,28H,9-12H2,1-2H3,(H,29,30)/t14-,16-,17+/m1/s1. The Morgan fingerprint density at radius 2 is 1.97 bits per heavy atom. The van der Waals surface area contributed by atoms with Crippen LogP contribution in [0.1, 0.15) is 34.8 Å². The second-order valence-electron chi connectivity index (χ2n) is 7.89. The van der Waals surface area contributed by atoms with Crippen molar-refractivity contribution in [3.63, 3.8) is 0 Å². The average molecular weight is 471 g/mol. The largest absolute Gasteiger partial charge is 0.491 e. The Labute approximate surface area is 188 Å². The van der Waals surface area contributed by atoms with E-state index in [-0.39, 0.29) is 30.1 Å². The van der Waals surface area contributed by atoms with Crippen LogP contribution in [0.3, 0.4) is 0 Å². The first-order valence-corrected chi connectivity index (χ1v) is 10.4. The van der Waals surface area contributed by atoms with E-state index in [1.807, 2.05) is 30.3 Å². The number of benzene rings is 2. The Bertz CT molecular complexity index is 968. The van der Waals surface area contributed by atoms with Gasteiger partial charge in [0.05, 0.1) is 12.7 Å². The molecular weight excluding hydrogens is 446 g/mol. The highest BCUT2D eigenvalue weighted by Crippen LogP contribution is 2.37. The Hall–Kier alpha value is -2.85. The van der Waals surface area contributed by atoms with Crippen molar-refractivity contribution < 1.29 is 41.7 Å². The molecule has 3 atom stereocenters. The lowest BCUT2D eigenvalue weighted by Gasteiger charge is -2.22. The van der Waals surface area contributed by atoms with E-state index in [9.17, 15) is 27.5 Å². The summed E-state index contributed by atoms with van der Waals surface area (Å²) in [6, 6.07) is 10.6. The normalized spacial score (nSPS) is 19.3. The van der Waals surface area contributed by atoms with E-state index in [0.717, 1.165) is 11.6 Å². The first kappa shape index (κ1) is 24.8. The van der Waals surface area contributed by atoms with Gasteiger partial charge in [0.25, 0.3) is 0 Å². The third-order valence-electron chi connectivity index (χ3n) is 5.29. The lowest BCUT2D eigenvalue weighted by molar-refractivity contribution is -0.189. The zero-order chi connectivity index (χ0) is 24.2. The Morgan fingerprint density at radius 1 is 1.27 bits per heavy atom. The Kier molecular flexibility index (Phi) is 7.80. The predicted molar refractivity (Wildman–Crippen MR) is 111 cm³/mol. The number of rotatable bonds is 9. The van der Waals surface area contributed by atoms with Gasteiger partial charge in [-0.1, -0.05) is 30.3 Å². The summed E-state index contributed by atoms with van der Waals surface area (Å²) in [7, 11) is 0. The minimum absolute atomic E-state index is 0.0187. The van der Waals surface area contributed by atoms with Gasteiger partial charge in [-0.3, -0.25) is 0 Å². The van der Waals surface area contributed by atoms with Crippen LogP contribution in [0.15, 0.2) is 36.4 Å². The molecule has 0 bridgehead atoms. The van der Waals surface area contributed by atoms with Crippen LogP contribution in [0.5, 0.6) is 11.5 Å². The SMILES string of the molecule is Cc1cc(OC[C@H]2C[C@H](OCc3ccccc3)CN2)c(C(=O)O)c(O[C@H](C)C(F)(F)F)c1F. The maximum Gasteiger partial charge on any atom is 0.425 e. The molecule has 0 spiro atoms. The topological polar surface area (TPSA) is 77.0 Å². The summed E-state index contributed by atoms with van der Waals surface area (Å²) in [6.45, 7) is 2.99. The number of ether oxygens (including phenoxy) is 3. The highest BCUT2D eigenvalue weighted by atomic mass is 19.4. The Balaban J connectivity index is 1.67. The molecule has 33 heavy (non-hydrogen) atoms. The molecule has 1 aliphatic rings. The Morgan fingerprint density at radius 3 is 2.61 bits per heavy atom. The number of hydrogen-bond acceptors (Lipinski definition) is 5. The van der Waals surface area contributed by atoms with E-state index in [0.29, 0.717) is 26.5 Å². The molecule has 1 heterocycles. The number of aromatic carboxylic acids is 1. The van der Waals surface area contributed by atoms with Crippen molar-refractivity contribution >= 4 is 5.97 Å². The van der Waals surface area contributed by atoms with E-state index < -0.39 is 35.4 Å². The molecule has 0 unspecified atom stereocenters. The fourth-order valence-corrected chi connectivity index (χ4v) is 3.42. The number of alkyl halides is 3. The fourth-order valence-electron chi connectivity index (χ4n) is 3.42. The lowest BCUT2D eigenvalue weighted by Crippen LogP contribution is -2.32. The van der Waals surface area contributed by atoms with E-state index in [4.69, 9.17) is 9.47 Å². The van der Waals surface area contributed by atoms with Crippen LogP contribution in [0.2, 0.25) is 0 Å². The number of halogens is 4. The minimum atomic E-state index is -4.80. The van der Waals surface area contributed by atoms with E-state index in [1.54, 1.807) is 0 Å². The van der Waals surface area contributed by atoms with Gasteiger partial charge in [-0.25, -0.2) is 9.18 Å². The zero-order valence-corrected chi connectivity index (χ0v) is 18.1. The number of nitrogens with one attached hydrogen (secondary N) is 1. The molecule has 2 aromatic carbocycles. The molecule has 0 amide bonds. The lowest BCUT2D eigenvalue weighted by atomic mass is 10.1. The van der Waals surface area contributed by atoms with Crippen LogP contribution >= 0.6 is 0 Å². The van der Waals surface area contributed by atoms with Gasteiger partial charge >= 0.3 is 12.1 Å². The van der Waals surface area contributed by atoms with E-state index >= 15 is 0 Å². The van der Waals surface area contributed by atoms with Crippen LogP contribution in [0, 0.1) is 12.7 Å². The highest BCUT2D eigenvalue weighted by molar-refractivity contribution is 5.94. The summed E-state index contributed by atoms with van der Waals surface area (Å²) in [5.41, 5.74) is 0.151. The van der Waals surface area contributed by atoms with Crippen molar-refractivity contribution in [2.45, 2.75) is 51.3 Å². The van der Waals surface area contributed by atoms with Crippen molar-refractivity contribution in [3.8, 4) is 11.5 Å². The molecule has 6 nitrogen and oxygen atoms in total. The first-order valence-electron chi connectivity index (χ1n) is 10.4. The second-order valence-corrected chi connectivity index (χ2v) is 7.89. The summed E-state index contributed by atoms with van der Waals surface area (Å²) < 4.78 is 69.4. The number of aryl methyl sites for hydroxylation is 1. The summed E-state index contributed by atoms with van der Waals surface area (Å²) >= 11 is 0. The predicted octanol–water partition coefficient (Wildman–Crippen LogP) is 4.49. The van der Waals surface area contributed by atoms with E-state index in [1.165, 1.54) is 6.92 Å². The highest BCUT2D eigenvalue weighted by Gasteiger charge is 2.40. The van der Waals surface area contributed by atoms with Crippen LogP contribution < -0.4 is 14.8 Å². The summed E-state index contributed by atoms with van der Waals surface area (Å²) in [5, 5.41) is 12.7. The number of carboxylic acids is 1. The maximum absolute atomic E-state index is 14.5. The molecular formula is C23H25F4NO5. The van der Waals surface area contributed by atoms with Crippen molar-refractivity contribution in [2.75, 3.05) is 13.2 Å². The monoisotopic (exact) mass is 471 g/mol. The summed E-state index contributed by atoms with van der Waals surface area (Å²) in [6.07, 6.45) is -6.70. The van der Waals surface area contributed by atoms with Gasteiger partial charge in [0.2, 0.25) is 0 Å². The van der Waals surface area contributed by atoms with Gasteiger partial charge in [0.15, 0.2) is 17.7 Å². The molecule has 0 aliphatic carbocycles. The molecule has 0 radical (unpaired) electrons. The third-order valence-corrected chi connectivity index (χ3v) is 5.29. The molecule has 0 aromatic heterocycles. The molecule has 3 rings (SSSR count). The van der Waals surface area contributed by atoms with Gasteiger partial charge < -0.3 is 24.6 Å². The van der Waals surface area contributed by atoms with Gasteiger partial charge in [0, 0.05) is 12.6 Å². The summed E-state index contributed by atoms with van der Waals surface area (Å²) in [5.74, 6) is -4.09. The van der Waals surface area contributed by atoms with Gasteiger partial charge in [-0.05, 0) is 37.5 Å². The number of carboxylic acid groups (broad SMARTS) is 1. The minimum Gasteiger partial charge on any atom is -0.491 e. The van der Waals surface area contributed by atoms with Crippen LogP contribution in [0.25, 0.3) is 0 Å². The zero-order valence-electron chi connectivity index (χ0n) is 18.1. The summed E-state index contributed by atoms with van der Waals surface area (Å²) in [4.78, 5) is 11.8. The second kappa shape index (κ2) is 10.4. The molecule has 180 valence electrons. The van der Waals surface area contributed by atoms with Crippen molar-refractivity contribution in [2.24, 2.45) is 0 Å². The number of hydrogen-bond donors (Lipinski definition) is 2. The molecule has 2 aromatic rings. The van der Waals surface area contributed by atoms with E-state index in [2.05, 4.69) is 10.1 Å². The molecule has 1 fully saturated rings. The van der Waals surface area contributed by atoms with Gasteiger partial charge in [-0.2, -0.15) is 13.2 Å². The van der Waals surface area contributed by atoms with Gasteiger partial charge in [0.1, 0.15) is 17.9 Å². The average Bonchev–Trinajstić information content (AvgIpc) is 3.21. The van der Waals surface area contributed by atoms with Crippen molar-refractivity contribution in [3.05, 3.63) is 58.9 Å². The quantitative estimate of drug-likeness (QED) is 0.525. The van der Waals surface area contributed by atoms with Crippen LogP contribution in [-0.4, -0.2) is 48.7 Å². The van der Waals surface area contributed by atoms with Gasteiger partial charge in [-0.15, -0.1) is 0 Å². The third kappa shape index (κ3) is 6.35.